The normalized spacial score (nSPS) is 14.2. The molecule has 0 aliphatic heterocycles. The summed E-state index contributed by atoms with van der Waals surface area (Å²) in [5, 5.41) is 5.48. The number of rotatable bonds is 7. The molecule has 0 heterocycles. The van der Waals surface area contributed by atoms with E-state index in [0.29, 0.717) is 5.56 Å². The van der Waals surface area contributed by atoms with Crippen LogP contribution in [-0.2, 0) is 14.3 Å². The van der Waals surface area contributed by atoms with Gasteiger partial charge in [0.2, 0.25) is 0 Å². The van der Waals surface area contributed by atoms with E-state index in [0.717, 1.165) is 30.2 Å². The summed E-state index contributed by atoms with van der Waals surface area (Å²) in [6.07, 6.45) is 4.26. The molecule has 1 aromatic rings. The Morgan fingerprint density at radius 3 is 2.46 bits per heavy atom. The average Bonchev–Trinajstić information content (AvgIpc) is 3.06. The topological polar surface area (TPSA) is 84.5 Å². The van der Waals surface area contributed by atoms with Gasteiger partial charge >= 0.3 is 5.97 Å². The van der Waals surface area contributed by atoms with Crippen LogP contribution < -0.4 is 10.6 Å². The molecule has 130 valence electrons. The van der Waals surface area contributed by atoms with Crippen LogP contribution in [0.25, 0.3) is 0 Å². The Morgan fingerprint density at radius 1 is 1.12 bits per heavy atom. The molecule has 2 amide bonds. The highest BCUT2D eigenvalue weighted by Crippen LogP contribution is 2.17. The van der Waals surface area contributed by atoms with Gasteiger partial charge in [-0.2, -0.15) is 0 Å². The number of halogens is 1. The fourth-order valence-corrected chi connectivity index (χ4v) is 2.80. The molecule has 2 rings (SSSR count). The quantitative estimate of drug-likeness (QED) is 0.691. The standard InChI is InChI=1S/C17H21BrN2O4/c18-13-7-5-12(6-8-13)17(23)19-10-9-16(22)24-11-15(21)20-14-3-1-2-4-14/h5-8,14H,1-4,9-11H2,(H,19,23)(H,20,21). The van der Waals surface area contributed by atoms with Crippen molar-refractivity contribution in [3.8, 4) is 0 Å². The van der Waals surface area contributed by atoms with Crippen LogP contribution in [0.15, 0.2) is 28.7 Å². The molecule has 0 bridgehead atoms. The van der Waals surface area contributed by atoms with Crippen LogP contribution in [0.1, 0.15) is 42.5 Å². The third kappa shape index (κ3) is 6.31. The molecule has 7 heteroatoms. The zero-order chi connectivity index (χ0) is 17.4. The van der Waals surface area contributed by atoms with Crippen LogP contribution in [0, 0.1) is 0 Å². The van der Waals surface area contributed by atoms with E-state index in [2.05, 4.69) is 26.6 Å². The van der Waals surface area contributed by atoms with E-state index < -0.39 is 5.97 Å². The molecule has 1 aliphatic carbocycles. The van der Waals surface area contributed by atoms with Crippen LogP contribution in [0.4, 0.5) is 0 Å². The molecule has 1 aromatic carbocycles. The van der Waals surface area contributed by atoms with Gasteiger partial charge in [-0.05, 0) is 37.1 Å². The van der Waals surface area contributed by atoms with E-state index in [1.807, 2.05) is 0 Å². The number of carbonyl (C=O) groups is 3. The van der Waals surface area contributed by atoms with E-state index in [1.165, 1.54) is 0 Å². The van der Waals surface area contributed by atoms with Crippen LogP contribution in [-0.4, -0.2) is 37.0 Å². The maximum absolute atomic E-state index is 11.9. The first kappa shape index (κ1) is 18.4. The minimum atomic E-state index is -0.507. The number of nitrogens with one attached hydrogen (secondary N) is 2. The summed E-state index contributed by atoms with van der Waals surface area (Å²) in [6.45, 7) is -0.103. The molecule has 6 nitrogen and oxygen atoms in total. The summed E-state index contributed by atoms with van der Waals surface area (Å²) >= 11 is 3.30. The highest BCUT2D eigenvalue weighted by atomic mass is 79.9. The number of carbonyl (C=O) groups excluding carboxylic acids is 3. The van der Waals surface area contributed by atoms with Gasteiger partial charge in [-0.1, -0.05) is 28.8 Å². The van der Waals surface area contributed by atoms with E-state index in [9.17, 15) is 14.4 Å². The lowest BCUT2D eigenvalue weighted by Gasteiger charge is -2.12. The van der Waals surface area contributed by atoms with Crippen molar-refractivity contribution in [3.05, 3.63) is 34.3 Å². The molecule has 1 fully saturated rings. The van der Waals surface area contributed by atoms with Crippen molar-refractivity contribution < 1.29 is 19.1 Å². The van der Waals surface area contributed by atoms with Crippen LogP contribution in [0.2, 0.25) is 0 Å². The Balaban J connectivity index is 1.59. The zero-order valence-corrected chi connectivity index (χ0v) is 14.9. The number of esters is 1. The van der Waals surface area contributed by atoms with Crippen molar-refractivity contribution in [2.75, 3.05) is 13.2 Å². The maximum Gasteiger partial charge on any atom is 0.308 e. The van der Waals surface area contributed by atoms with Crippen molar-refractivity contribution >= 4 is 33.7 Å². The number of benzene rings is 1. The zero-order valence-electron chi connectivity index (χ0n) is 13.3. The first-order valence-corrected chi connectivity index (χ1v) is 8.82. The molecular formula is C17H21BrN2O4. The molecule has 1 saturated carbocycles. The van der Waals surface area contributed by atoms with Crippen molar-refractivity contribution in [1.29, 1.82) is 0 Å². The summed E-state index contributed by atoms with van der Waals surface area (Å²) in [7, 11) is 0. The Kier molecular flexibility index (Phi) is 7.24. The molecule has 0 spiro atoms. The molecule has 24 heavy (non-hydrogen) atoms. The third-order valence-electron chi connectivity index (χ3n) is 3.81. The fourth-order valence-electron chi connectivity index (χ4n) is 2.54. The van der Waals surface area contributed by atoms with Gasteiger partial charge in [0.25, 0.3) is 11.8 Å². The Bertz CT molecular complexity index is 583. The smallest absolute Gasteiger partial charge is 0.308 e. The van der Waals surface area contributed by atoms with Crippen molar-refractivity contribution in [3.63, 3.8) is 0 Å². The predicted molar refractivity (Wildman–Crippen MR) is 92.4 cm³/mol. The fraction of sp³-hybridized carbons (Fsp3) is 0.471. The average molecular weight is 397 g/mol. The molecule has 0 radical (unpaired) electrons. The van der Waals surface area contributed by atoms with Gasteiger partial charge in [0, 0.05) is 22.6 Å². The van der Waals surface area contributed by atoms with E-state index >= 15 is 0 Å². The molecule has 0 unspecified atom stereocenters. The first-order chi connectivity index (χ1) is 11.5. The molecule has 2 N–H and O–H groups in total. The molecule has 0 saturated heterocycles. The summed E-state index contributed by atoms with van der Waals surface area (Å²) < 4.78 is 5.80. The SMILES string of the molecule is O=C(COC(=O)CCNC(=O)c1ccc(Br)cc1)NC1CCCC1. The monoisotopic (exact) mass is 396 g/mol. The van der Waals surface area contributed by atoms with Crippen molar-refractivity contribution in [1.82, 2.24) is 10.6 Å². The summed E-state index contributed by atoms with van der Waals surface area (Å²) in [6, 6.07) is 7.12. The van der Waals surface area contributed by atoms with E-state index in [-0.39, 0.29) is 37.4 Å². The highest BCUT2D eigenvalue weighted by Gasteiger charge is 2.17. The maximum atomic E-state index is 11.9. The number of ether oxygens (including phenoxy) is 1. The Morgan fingerprint density at radius 2 is 1.79 bits per heavy atom. The summed E-state index contributed by atoms with van der Waals surface area (Å²) in [5.74, 6) is -1.03. The number of amides is 2. The Hall–Kier alpha value is -1.89. The van der Waals surface area contributed by atoms with Gasteiger partial charge in [-0.3, -0.25) is 14.4 Å². The minimum absolute atomic E-state index is 0.0268. The lowest BCUT2D eigenvalue weighted by Crippen LogP contribution is -2.36. The van der Waals surface area contributed by atoms with Gasteiger partial charge in [0.05, 0.1) is 6.42 Å². The number of hydrogen-bond acceptors (Lipinski definition) is 4. The van der Waals surface area contributed by atoms with Crippen LogP contribution in [0.3, 0.4) is 0 Å². The molecule has 0 atom stereocenters. The lowest BCUT2D eigenvalue weighted by molar-refractivity contribution is -0.148. The Labute approximate surface area is 149 Å². The predicted octanol–water partition coefficient (Wildman–Crippen LogP) is 2.17. The van der Waals surface area contributed by atoms with E-state index in [4.69, 9.17) is 4.74 Å². The van der Waals surface area contributed by atoms with E-state index in [1.54, 1.807) is 24.3 Å². The van der Waals surface area contributed by atoms with Crippen molar-refractivity contribution in [2.24, 2.45) is 0 Å². The largest absolute Gasteiger partial charge is 0.456 e. The second-order valence-electron chi connectivity index (χ2n) is 5.72. The molecule has 1 aliphatic rings. The lowest BCUT2D eigenvalue weighted by atomic mass is 10.2. The second-order valence-corrected chi connectivity index (χ2v) is 6.64. The number of hydrogen-bond donors (Lipinski definition) is 2. The van der Waals surface area contributed by atoms with Crippen LogP contribution in [0.5, 0.6) is 0 Å². The van der Waals surface area contributed by atoms with Gasteiger partial charge in [-0.15, -0.1) is 0 Å². The van der Waals surface area contributed by atoms with Gasteiger partial charge in [-0.25, -0.2) is 0 Å². The van der Waals surface area contributed by atoms with Gasteiger partial charge < -0.3 is 15.4 Å². The second kappa shape index (κ2) is 9.42. The third-order valence-corrected chi connectivity index (χ3v) is 4.33. The molecular weight excluding hydrogens is 376 g/mol. The highest BCUT2D eigenvalue weighted by molar-refractivity contribution is 9.10. The summed E-state index contributed by atoms with van der Waals surface area (Å²) in [4.78, 5) is 35.1. The van der Waals surface area contributed by atoms with Gasteiger partial charge in [0.1, 0.15) is 0 Å². The first-order valence-electron chi connectivity index (χ1n) is 8.03. The minimum Gasteiger partial charge on any atom is -0.456 e. The van der Waals surface area contributed by atoms with Gasteiger partial charge in [0.15, 0.2) is 6.61 Å². The summed E-state index contributed by atoms with van der Waals surface area (Å²) in [5.41, 5.74) is 0.516. The van der Waals surface area contributed by atoms with Crippen molar-refractivity contribution in [2.45, 2.75) is 38.1 Å². The van der Waals surface area contributed by atoms with Crippen LogP contribution >= 0.6 is 15.9 Å². The molecule has 0 aromatic heterocycles.